The number of alkyl halides is 1. The number of amides is 1. The zero-order valence-corrected chi connectivity index (χ0v) is 17.0. The number of carbonyl (C=O) groups excluding carboxylic acids is 1. The maximum Gasteiger partial charge on any atom is 0.279 e. The molecule has 0 saturated heterocycles. The summed E-state index contributed by atoms with van der Waals surface area (Å²) in [6.45, 7) is 0. The molecule has 10 nitrogen and oxygen atoms in total. The molecule has 4 aromatic heterocycles. The Kier molecular flexibility index (Phi) is 4.77. The first-order valence-electron chi connectivity index (χ1n) is 9.96. The van der Waals surface area contributed by atoms with E-state index in [4.69, 9.17) is 0 Å². The topological polar surface area (TPSA) is 118 Å². The maximum atomic E-state index is 13.2. The van der Waals surface area contributed by atoms with Crippen LogP contribution in [0, 0.1) is 0 Å². The number of carbonyl (C=O) groups is 1. The van der Waals surface area contributed by atoms with Crippen molar-refractivity contribution in [3.63, 3.8) is 0 Å². The molecule has 1 fully saturated rings. The van der Waals surface area contributed by atoms with Crippen LogP contribution in [0.15, 0.2) is 59.8 Å². The minimum absolute atomic E-state index is 0.211. The van der Waals surface area contributed by atoms with E-state index >= 15 is 0 Å². The molecule has 1 aliphatic rings. The fourth-order valence-electron chi connectivity index (χ4n) is 3.33. The molecule has 3 N–H and O–H groups in total. The highest BCUT2D eigenvalue weighted by Crippen LogP contribution is 2.26. The van der Waals surface area contributed by atoms with E-state index in [-0.39, 0.29) is 22.5 Å². The molecule has 1 aliphatic carbocycles. The third-order valence-corrected chi connectivity index (χ3v) is 5.11. The number of hydrogen-bond acceptors (Lipinski definition) is 7. The van der Waals surface area contributed by atoms with E-state index < -0.39 is 18.1 Å². The van der Waals surface area contributed by atoms with Crippen LogP contribution in [0.5, 0.6) is 0 Å². The van der Waals surface area contributed by atoms with Crippen LogP contribution in [0.1, 0.15) is 16.8 Å². The lowest BCUT2D eigenvalue weighted by Gasteiger charge is -2.11. The van der Waals surface area contributed by atoms with Crippen LogP contribution in [0.25, 0.3) is 11.5 Å². The minimum atomic E-state index is -1.02. The van der Waals surface area contributed by atoms with Crippen molar-refractivity contribution >= 4 is 28.9 Å². The summed E-state index contributed by atoms with van der Waals surface area (Å²) >= 11 is 0. The van der Waals surface area contributed by atoms with Gasteiger partial charge in [-0.25, -0.2) is 14.4 Å². The third kappa shape index (κ3) is 3.53. The standard InChI is InChI=1S/C21H19FN8O2/c1-23-18-10-16(26-14-5-4-8-29(21(14)32)17-6-2-3-7-24-17)28-19-12(11-25-30(18)19)20(31)27-15-9-13(15)22/h2-8,10-11,13,15,23H,9H2,1H3,(H,26,28)(H,27,31)/t13-,15+/m1/s1. The van der Waals surface area contributed by atoms with Gasteiger partial charge in [0.2, 0.25) is 0 Å². The van der Waals surface area contributed by atoms with Crippen molar-refractivity contribution in [1.29, 1.82) is 0 Å². The highest BCUT2D eigenvalue weighted by molar-refractivity contribution is 6.00. The second-order valence-electron chi connectivity index (χ2n) is 7.31. The summed E-state index contributed by atoms with van der Waals surface area (Å²) in [6, 6.07) is 9.83. The molecule has 0 spiro atoms. The summed E-state index contributed by atoms with van der Waals surface area (Å²) in [5, 5.41) is 12.9. The first-order valence-corrected chi connectivity index (χ1v) is 9.96. The second-order valence-corrected chi connectivity index (χ2v) is 7.31. The molecule has 0 aromatic carbocycles. The largest absolute Gasteiger partial charge is 0.373 e. The summed E-state index contributed by atoms with van der Waals surface area (Å²) in [7, 11) is 1.70. The van der Waals surface area contributed by atoms with E-state index in [1.807, 2.05) is 0 Å². The molecule has 4 aromatic rings. The van der Waals surface area contributed by atoms with Gasteiger partial charge in [-0.1, -0.05) is 6.07 Å². The van der Waals surface area contributed by atoms with Crippen molar-refractivity contribution in [2.24, 2.45) is 0 Å². The molecule has 0 unspecified atom stereocenters. The molecule has 4 heterocycles. The molecular weight excluding hydrogens is 415 g/mol. The normalized spacial score (nSPS) is 17.2. The molecule has 0 aliphatic heterocycles. The Hall–Kier alpha value is -4.28. The lowest BCUT2D eigenvalue weighted by molar-refractivity contribution is 0.0949. The van der Waals surface area contributed by atoms with Gasteiger partial charge in [-0.15, -0.1) is 0 Å². The number of nitrogens with one attached hydrogen (secondary N) is 3. The number of nitrogens with zero attached hydrogens (tertiary/aromatic N) is 5. The highest BCUT2D eigenvalue weighted by atomic mass is 19.1. The molecule has 2 atom stereocenters. The van der Waals surface area contributed by atoms with Gasteiger partial charge in [-0.3, -0.25) is 14.2 Å². The molecule has 32 heavy (non-hydrogen) atoms. The number of rotatable bonds is 6. The van der Waals surface area contributed by atoms with Crippen molar-refractivity contribution in [3.8, 4) is 5.82 Å². The molecule has 11 heteroatoms. The smallest absolute Gasteiger partial charge is 0.279 e. The van der Waals surface area contributed by atoms with Crippen LogP contribution in [0.3, 0.4) is 0 Å². The average Bonchev–Trinajstić information content (AvgIpc) is 3.32. The van der Waals surface area contributed by atoms with Gasteiger partial charge >= 0.3 is 0 Å². The number of aromatic nitrogens is 5. The maximum absolute atomic E-state index is 13.2. The zero-order chi connectivity index (χ0) is 22.2. The van der Waals surface area contributed by atoms with Crippen LogP contribution in [-0.4, -0.2) is 49.3 Å². The van der Waals surface area contributed by atoms with E-state index in [9.17, 15) is 14.0 Å². The molecule has 0 radical (unpaired) electrons. The number of anilines is 3. The lowest BCUT2D eigenvalue weighted by Crippen LogP contribution is -2.27. The first kappa shape index (κ1) is 19.7. The van der Waals surface area contributed by atoms with Crippen molar-refractivity contribution in [2.75, 3.05) is 17.7 Å². The summed E-state index contributed by atoms with van der Waals surface area (Å²) in [5.74, 6) is 0.921. The van der Waals surface area contributed by atoms with Crippen molar-refractivity contribution in [3.05, 3.63) is 70.9 Å². The van der Waals surface area contributed by atoms with Gasteiger partial charge in [0.1, 0.15) is 34.9 Å². The second kappa shape index (κ2) is 7.76. The Balaban J connectivity index is 1.52. The van der Waals surface area contributed by atoms with E-state index in [0.29, 0.717) is 23.9 Å². The minimum Gasteiger partial charge on any atom is -0.373 e. The Bertz CT molecular complexity index is 1370. The summed E-state index contributed by atoms with van der Waals surface area (Å²) in [6.07, 6.45) is 3.91. The van der Waals surface area contributed by atoms with E-state index in [0.717, 1.165) is 0 Å². The van der Waals surface area contributed by atoms with Gasteiger partial charge in [-0.2, -0.15) is 9.61 Å². The van der Waals surface area contributed by atoms with Gasteiger partial charge < -0.3 is 16.0 Å². The molecule has 1 saturated carbocycles. The summed E-state index contributed by atoms with van der Waals surface area (Å²) < 4.78 is 16.1. The Morgan fingerprint density at radius 2 is 2.09 bits per heavy atom. The average molecular weight is 434 g/mol. The zero-order valence-electron chi connectivity index (χ0n) is 17.0. The molecule has 1 amide bonds. The number of pyridine rings is 2. The van der Waals surface area contributed by atoms with E-state index in [1.54, 1.807) is 55.8 Å². The van der Waals surface area contributed by atoms with Gasteiger partial charge in [0.25, 0.3) is 11.5 Å². The summed E-state index contributed by atoms with van der Waals surface area (Å²) in [4.78, 5) is 34.2. The third-order valence-electron chi connectivity index (χ3n) is 5.11. The Labute approximate surface area is 181 Å². The molecular formula is C21H19FN8O2. The van der Waals surface area contributed by atoms with Crippen molar-refractivity contribution < 1.29 is 9.18 Å². The Morgan fingerprint density at radius 3 is 2.81 bits per heavy atom. The van der Waals surface area contributed by atoms with Crippen LogP contribution in [0.2, 0.25) is 0 Å². The SMILES string of the molecule is CNc1cc(Nc2cccn(-c3ccccn3)c2=O)nc2c(C(=O)N[C@H]3C[C@H]3F)cnn12. The van der Waals surface area contributed by atoms with Crippen LogP contribution >= 0.6 is 0 Å². The number of hydrogen-bond donors (Lipinski definition) is 3. The highest BCUT2D eigenvalue weighted by Gasteiger charge is 2.39. The van der Waals surface area contributed by atoms with Crippen LogP contribution in [-0.2, 0) is 0 Å². The first-order chi connectivity index (χ1) is 15.5. The number of fused-ring (bicyclic) bond motifs is 1. The fourth-order valence-corrected chi connectivity index (χ4v) is 3.33. The van der Waals surface area contributed by atoms with Gasteiger partial charge in [0, 0.05) is 31.9 Å². The molecule has 162 valence electrons. The van der Waals surface area contributed by atoms with E-state index in [1.165, 1.54) is 15.3 Å². The monoisotopic (exact) mass is 434 g/mol. The predicted octanol–water partition coefficient (Wildman–Crippen LogP) is 1.90. The quantitative estimate of drug-likeness (QED) is 0.424. The lowest BCUT2D eigenvalue weighted by atomic mass is 10.3. The molecule has 0 bridgehead atoms. The predicted molar refractivity (Wildman–Crippen MR) is 116 cm³/mol. The number of halogens is 1. The summed E-state index contributed by atoms with van der Waals surface area (Å²) in [5.41, 5.74) is 0.450. The Morgan fingerprint density at radius 1 is 1.25 bits per heavy atom. The van der Waals surface area contributed by atoms with Crippen molar-refractivity contribution in [1.82, 2.24) is 29.5 Å². The van der Waals surface area contributed by atoms with E-state index in [2.05, 4.69) is 31.0 Å². The van der Waals surface area contributed by atoms with Gasteiger partial charge in [0.15, 0.2) is 5.65 Å². The fraction of sp³-hybridized carbons (Fsp3) is 0.190. The van der Waals surface area contributed by atoms with Gasteiger partial charge in [-0.05, 0) is 24.3 Å². The molecule has 5 rings (SSSR count). The van der Waals surface area contributed by atoms with Gasteiger partial charge in [0.05, 0.1) is 12.2 Å². The van der Waals surface area contributed by atoms with Crippen LogP contribution in [0.4, 0.5) is 21.7 Å². The van der Waals surface area contributed by atoms with Crippen LogP contribution < -0.4 is 21.5 Å². The van der Waals surface area contributed by atoms with Crippen molar-refractivity contribution in [2.45, 2.75) is 18.6 Å².